The van der Waals surface area contributed by atoms with Crippen LogP contribution in [0.1, 0.15) is 38.7 Å². The second kappa shape index (κ2) is 12.0. The SMILES string of the molecule is CC(C)C(NC(=O)C(N)Cc1ccccc1)P(=O)(O)OC(CCCCN)C(=O)O. The van der Waals surface area contributed by atoms with Gasteiger partial charge in [-0.3, -0.25) is 13.9 Å². The summed E-state index contributed by atoms with van der Waals surface area (Å²) >= 11 is 0. The van der Waals surface area contributed by atoms with Crippen molar-refractivity contribution in [2.45, 2.75) is 57.5 Å². The van der Waals surface area contributed by atoms with Gasteiger partial charge in [0.25, 0.3) is 0 Å². The van der Waals surface area contributed by atoms with Crippen LogP contribution in [0.3, 0.4) is 0 Å². The van der Waals surface area contributed by atoms with E-state index in [0.29, 0.717) is 19.4 Å². The van der Waals surface area contributed by atoms with Crippen LogP contribution < -0.4 is 16.8 Å². The van der Waals surface area contributed by atoms with Crippen LogP contribution in [-0.4, -0.2) is 46.3 Å². The Morgan fingerprint density at radius 3 is 2.34 bits per heavy atom. The van der Waals surface area contributed by atoms with Crippen LogP contribution in [0.4, 0.5) is 0 Å². The zero-order valence-corrected chi connectivity index (χ0v) is 17.8. The summed E-state index contributed by atoms with van der Waals surface area (Å²) in [5.41, 5.74) is 12.2. The molecule has 4 unspecified atom stereocenters. The number of nitrogens with two attached hydrogens (primary N) is 2. The Kier molecular flexibility index (Phi) is 10.5. The summed E-state index contributed by atoms with van der Waals surface area (Å²) in [5, 5.41) is 11.8. The number of hydrogen-bond acceptors (Lipinski definition) is 6. The molecule has 0 saturated heterocycles. The molecule has 0 bridgehead atoms. The molecule has 0 heterocycles. The van der Waals surface area contributed by atoms with Gasteiger partial charge in [0.15, 0.2) is 6.10 Å². The first-order valence-electron chi connectivity index (χ1n) is 9.62. The molecule has 7 N–H and O–H groups in total. The van der Waals surface area contributed by atoms with Crippen molar-refractivity contribution in [2.24, 2.45) is 17.4 Å². The first-order chi connectivity index (χ1) is 13.6. The predicted octanol–water partition coefficient (Wildman–Crippen LogP) is 1.44. The van der Waals surface area contributed by atoms with Crippen molar-refractivity contribution in [1.29, 1.82) is 0 Å². The number of carboxylic acids is 1. The Hall–Kier alpha value is -1.77. The minimum atomic E-state index is -4.49. The van der Waals surface area contributed by atoms with Crippen molar-refractivity contribution in [3.8, 4) is 0 Å². The van der Waals surface area contributed by atoms with E-state index in [1.807, 2.05) is 30.3 Å². The topological polar surface area (TPSA) is 165 Å². The van der Waals surface area contributed by atoms with Gasteiger partial charge >= 0.3 is 13.6 Å². The van der Waals surface area contributed by atoms with Crippen LogP contribution in [0.5, 0.6) is 0 Å². The van der Waals surface area contributed by atoms with Gasteiger partial charge in [-0.2, -0.15) is 0 Å². The fourth-order valence-corrected chi connectivity index (χ4v) is 4.52. The largest absolute Gasteiger partial charge is 0.479 e. The molecule has 9 nitrogen and oxygen atoms in total. The summed E-state index contributed by atoms with van der Waals surface area (Å²) in [7, 11) is -4.49. The molecule has 1 aromatic rings. The van der Waals surface area contributed by atoms with E-state index in [-0.39, 0.29) is 12.8 Å². The second-order valence-electron chi connectivity index (χ2n) is 7.27. The molecule has 1 rings (SSSR count). The number of hydrogen-bond donors (Lipinski definition) is 5. The molecule has 4 atom stereocenters. The van der Waals surface area contributed by atoms with Gasteiger partial charge in [-0.05, 0) is 43.7 Å². The predicted molar refractivity (Wildman–Crippen MR) is 110 cm³/mol. The van der Waals surface area contributed by atoms with Crippen molar-refractivity contribution < 1.29 is 28.7 Å². The summed E-state index contributed by atoms with van der Waals surface area (Å²) in [6.07, 6.45) is -0.155. The summed E-state index contributed by atoms with van der Waals surface area (Å²) in [6.45, 7) is 3.64. The Bertz CT molecular complexity index is 700. The van der Waals surface area contributed by atoms with Crippen molar-refractivity contribution in [3.63, 3.8) is 0 Å². The van der Waals surface area contributed by atoms with E-state index < -0.39 is 43.3 Å². The molecular formula is C19H32N3O6P. The number of carbonyl (C=O) groups excluding carboxylic acids is 1. The number of carbonyl (C=O) groups is 2. The number of benzene rings is 1. The van der Waals surface area contributed by atoms with Crippen LogP contribution in [-0.2, 0) is 25.1 Å². The third-order valence-electron chi connectivity index (χ3n) is 4.38. The minimum Gasteiger partial charge on any atom is -0.479 e. The molecule has 0 saturated carbocycles. The Morgan fingerprint density at radius 1 is 1.21 bits per heavy atom. The standard InChI is InChI=1S/C19H32N3O6P/c1-13(2)18(22-17(23)15(21)12-14-8-4-3-5-9-14)29(26,27)28-16(19(24)25)10-6-7-11-20/h3-5,8-9,13,15-16,18H,6-7,10-12,20-21H2,1-2H3,(H,22,23)(H,24,25)(H,26,27). The fraction of sp³-hybridized carbons (Fsp3) is 0.579. The number of unbranched alkanes of at least 4 members (excludes halogenated alkanes) is 1. The van der Waals surface area contributed by atoms with Crippen LogP contribution in [0.25, 0.3) is 0 Å². The highest BCUT2D eigenvalue weighted by molar-refractivity contribution is 7.53. The van der Waals surface area contributed by atoms with Crippen LogP contribution >= 0.6 is 7.60 Å². The van der Waals surface area contributed by atoms with Gasteiger partial charge in [-0.1, -0.05) is 44.2 Å². The summed E-state index contributed by atoms with van der Waals surface area (Å²) in [5.74, 6) is -3.73. The monoisotopic (exact) mass is 429 g/mol. The fourth-order valence-electron chi connectivity index (χ4n) is 2.78. The highest BCUT2D eigenvalue weighted by atomic mass is 31.2. The van der Waals surface area contributed by atoms with E-state index in [2.05, 4.69) is 5.32 Å². The molecule has 0 aliphatic heterocycles. The number of aliphatic carboxylic acids is 1. The summed E-state index contributed by atoms with van der Waals surface area (Å²) in [6, 6.07) is 8.21. The molecule has 0 spiro atoms. The number of nitrogens with one attached hydrogen (secondary N) is 1. The molecule has 0 aromatic heterocycles. The maximum atomic E-state index is 12.8. The normalized spacial score (nSPS) is 16.6. The van der Waals surface area contributed by atoms with E-state index in [0.717, 1.165) is 5.56 Å². The Labute approximate surface area is 171 Å². The molecule has 10 heteroatoms. The number of carboxylic acid groups (broad SMARTS) is 1. The maximum Gasteiger partial charge on any atom is 0.351 e. The van der Waals surface area contributed by atoms with Crippen molar-refractivity contribution in [3.05, 3.63) is 35.9 Å². The lowest BCUT2D eigenvalue weighted by atomic mass is 10.1. The van der Waals surface area contributed by atoms with E-state index >= 15 is 0 Å². The van der Waals surface area contributed by atoms with Crippen LogP contribution in [0.2, 0.25) is 0 Å². The quantitative estimate of drug-likeness (QED) is 0.232. The molecule has 0 radical (unpaired) electrons. The van der Waals surface area contributed by atoms with Gasteiger partial charge in [0.1, 0.15) is 5.78 Å². The summed E-state index contributed by atoms with van der Waals surface area (Å²) < 4.78 is 17.9. The maximum absolute atomic E-state index is 12.8. The van der Waals surface area contributed by atoms with Gasteiger partial charge in [0.2, 0.25) is 5.91 Å². The van der Waals surface area contributed by atoms with Crippen LogP contribution in [0, 0.1) is 5.92 Å². The van der Waals surface area contributed by atoms with Gasteiger partial charge in [-0.15, -0.1) is 0 Å². The van der Waals surface area contributed by atoms with Crippen molar-refractivity contribution >= 4 is 19.5 Å². The third kappa shape index (κ3) is 8.64. The van der Waals surface area contributed by atoms with Gasteiger partial charge in [-0.25, -0.2) is 4.79 Å². The molecule has 1 aromatic carbocycles. The highest BCUT2D eigenvalue weighted by Crippen LogP contribution is 2.50. The molecule has 29 heavy (non-hydrogen) atoms. The highest BCUT2D eigenvalue weighted by Gasteiger charge is 2.40. The van der Waals surface area contributed by atoms with Crippen molar-refractivity contribution in [1.82, 2.24) is 5.32 Å². The van der Waals surface area contributed by atoms with Crippen LogP contribution in [0.15, 0.2) is 30.3 Å². The lowest BCUT2D eigenvalue weighted by Gasteiger charge is -2.29. The third-order valence-corrected chi connectivity index (χ3v) is 6.37. The molecule has 1 amide bonds. The summed E-state index contributed by atoms with van der Waals surface area (Å²) in [4.78, 5) is 34.3. The minimum absolute atomic E-state index is 0.0450. The lowest BCUT2D eigenvalue weighted by Crippen LogP contribution is -2.48. The first kappa shape index (κ1) is 25.3. The first-order valence-corrected chi connectivity index (χ1v) is 11.3. The molecule has 164 valence electrons. The van der Waals surface area contributed by atoms with Crippen molar-refractivity contribution in [2.75, 3.05) is 6.54 Å². The van der Waals surface area contributed by atoms with E-state index in [1.165, 1.54) is 0 Å². The molecular weight excluding hydrogens is 397 g/mol. The molecule has 0 aliphatic carbocycles. The Morgan fingerprint density at radius 2 is 1.83 bits per heavy atom. The van der Waals surface area contributed by atoms with Gasteiger partial charge in [0, 0.05) is 0 Å². The lowest BCUT2D eigenvalue weighted by molar-refractivity contribution is -0.145. The number of rotatable bonds is 13. The smallest absolute Gasteiger partial charge is 0.351 e. The Balaban J connectivity index is 2.83. The number of amides is 1. The van der Waals surface area contributed by atoms with Gasteiger partial charge < -0.3 is 26.8 Å². The average Bonchev–Trinajstić information content (AvgIpc) is 2.65. The molecule has 0 aliphatic rings. The molecule has 0 fully saturated rings. The van der Waals surface area contributed by atoms with Gasteiger partial charge in [0.05, 0.1) is 6.04 Å². The average molecular weight is 429 g/mol. The zero-order chi connectivity index (χ0) is 22.0. The van der Waals surface area contributed by atoms with E-state index in [1.54, 1.807) is 13.8 Å². The van der Waals surface area contributed by atoms with E-state index in [4.69, 9.17) is 16.0 Å². The van der Waals surface area contributed by atoms with E-state index in [9.17, 15) is 24.2 Å². The zero-order valence-electron chi connectivity index (χ0n) is 16.9. The second-order valence-corrected chi connectivity index (χ2v) is 9.17.